The summed E-state index contributed by atoms with van der Waals surface area (Å²) >= 11 is 0. The lowest BCUT2D eigenvalue weighted by molar-refractivity contribution is -0.384. The van der Waals surface area contributed by atoms with E-state index in [1.165, 1.54) is 12.1 Å². The minimum atomic E-state index is -2.26. The van der Waals surface area contributed by atoms with E-state index < -0.39 is 12.0 Å². The van der Waals surface area contributed by atoms with Crippen molar-refractivity contribution in [2.24, 2.45) is 4.74 Å². The molecule has 170 valence electrons. The molecule has 1 aromatic heterocycles. The summed E-state index contributed by atoms with van der Waals surface area (Å²) in [7, 11) is -0.698. The Hall–Kier alpha value is -2.92. The summed E-state index contributed by atoms with van der Waals surface area (Å²) in [5.41, 5.74) is 3.49. The summed E-state index contributed by atoms with van der Waals surface area (Å²) in [6, 6.07) is 14.6. The Morgan fingerprint density at radius 1 is 1.16 bits per heavy atom. The first-order valence-corrected chi connectivity index (χ1v) is 12.5. The second kappa shape index (κ2) is 8.91. The molecular formula is C24H31N4O3P. The van der Waals surface area contributed by atoms with Crippen LogP contribution in [0.2, 0.25) is 0 Å². The first-order chi connectivity index (χ1) is 15.1. The molecule has 2 aromatic carbocycles. The molecule has 8 heteroatoms. The number of non-ortho nitro benzene ring substituents is 1. The molecule has 0 aliphatic rings. The molecule has 3 aromatic rings. The zero-order valence-electron chi connectivity index (χ0n) is 19.8. The number of aryl methyl sites for hydroxylation is 1. The van der Waals surface area contributed by atoms with Gasteiger partial charge in [0.2, 0.25) is 0 Å². The standard InChI is InChI=1S/C24H31N4O3P/c1-8-32(24(4,5)6,26-21-16-20(28(29)30)14-15-22(21)31-7)23-17(2)25-27(18(23)3)19-12-10-9-11-13-19/h9-16H,8H2,1-7H3/t32-/m0/s1. The van der Waals surface area contributed by atoms with Gasteiger partial charge in [-0.2, -0.15) is 5.10 Å². The molecule has 0 aliphatic heterocycles. The number of rotatable bonds is 6. The van der Waals surface area contributed by atoms with E-state index in [0.29, 0.717) is 11.4 Å². The maximum Gasteiger partial charge on any atom is 0.271 e. The second-order valence-electron chi connectivity index (χ2n) is 8.74. The van der Waals surface area contributed by atoms with E-state index in [1.54, 1.807) is 13.2 Å². The quantitative estimate of drug-likeness (QED) is 0.246. The normalized spacial score (nSPS) is 13.5. The molecule has 0 unspecified atom stereocenters. The third-order valence-corrected chi connectivity index (χ3v) is 10.9. The molecule has 0 spiro atoms. The maximum absolute atomic E-state index is 11.4. The Labute approximate surface area is 189 Å². The number of aromatic nitrogens is 2. The molecule has 0 bridgehead atoms. The molecule has 7 nitrogen and oxygen atoms in total. The van der Waals surface area contributed by atoms with Crippen molar-refractivity contribution >= 4 is 23.7 Å². The Morgan fingerprint density at radius 3 is 2.34 bits per heavy atom. The summed E-state index contributed by atoms with van der Waals surface area (Å²) in [6.45, 7) is 12.8. The van der Waals surface area contributed by atoms with E-state index in [-0.39, 0.29) is 10.8 Å². The third kappa shape index (κ3) is 4.09. The third-order valence-electron chi connectivity index (χ3n) is 5.84. The molecule has 0 amide bonds. The fraction of sp³-hybridized carbons (Fsp3) is 0.375. The summed E-state index contributed by atoms with van der Waals surface area (Å²) in [5, 5.41) is 17.3. The van der Waals surface area contributed by atoms with Crippen molar-refractivity contribution in [1.29, 1.82) is 0 Å². The highest BCUT2D eigenvalue weighted by molar-refractivity contribution is 7.75. The van der Waals surface area contributed by atoms with Gasteiger partial charge >= 0.3 is 0 Å². The van der Waals surface area contributed by atoms with Gasteiger partial charge in [-0.25, -0.2) is 4.68 Å². The number of ether oxygens (including phenoxy) is 1. The van der Waals surface area contributed by atoms with Gasteiger partial charge in [0.15, 0.2) is 0 Å². The molecule has 0 saturated carbocycles. The van der Waals surface area contributed by atoms with Crippen LogP contribution in [0.15, 0.2) is 53.3 Å². The molecule has 0 radical (unpaired) electrons. The number of nitro groups is 1. The van der Waals surface area contributed by atoms with Gasteiger partial charge in [0.25, 0.3) is 5.69 Å². The van der Waals surface area contributed by atoms with E-state index in [2.05, 4.69) is 34.6 Å². The van der Waals surface area contributed by atoms with Gasteiger partial charge in [0.1, 0.15) is 11.4 Å². The monoisotopic (exact) mass is 454 g/mol. The zero-order valence-corrected chi connectivity index (χ0v) is 20.7. The van der Waals surface area contributed by atoms with E-state index in [4.69, 9.17) is 14.6 Å². The molecule has 3 rings (SSSR count). The predicted octanol–water partition coefficient (Wildman–Crippen LogP) is 6.38. The van der Waals surface area contributed by atoms with Crippen LogP contribution in [-0.4, -0.2) is 33.1 Å². The number of benzene rings is 2. The minimum absolute atomic E-state index is 0.00101. The summed E-state index contributed by atoms with van der Waals surface area (Å²) in [5.74, 6) is 0.531. The molecule has 0 saturated heterocycles. The van der Waals surface area contributed by atoms with Crippen molar-refractivity contribution in [3.63, 3.8) is 0 Å². The maximum atomic E-state index is 11.4. The van der Waals surface area contributed by atoms with Gasteiger partial charge in [0, 0.05) is 29.6 Å². The number of nitro benzene ring substituents is 1. The lowest BCUT2D eigenvalue weighted by Gasteiger charge is -2.37. The first-order valence-electron chi connectivity index (χ1n) is 10.6. The predicted molar refractivity (Wildman–Crippen MR) is 132 cm³/mol. The highest BCUT2D eigenvalue weighted by Gasteiger charge is 2.39. The molecule has 1 atom stereocenters. The fourth-order valence-electron chi connectivity index (χ4n) is 4.28. The lowest BCUT2D eigenvalue weighted by Crippen LogP contribution is -2.27. The zero-order chi connectivity index (χ0) is 23.7. The number of hydrogen-bond acceptors (Lipinski definition) is 5. The average molecular weight is 455 g/mol. The molecule has 1 heterocycles. The Balaban J connectivity index is 2.39. The Bertz CT molecular complexity index is 1190. The minimum Gasteiger partial charge on any atom is -0.494 e. The van der Waals surface area contributed by atoms with Gasteiger partial charge in [-0.1, -0.05) is 45.9 Å². The average Bonchev–Trinajstić information content (AvgIpc) is 3.06. The van der Waals surface area contributed by atoms with Crippen LogP contribution in [-0.2, 0) is 0 Å². The molecule has 0 N–H and O–H groups in total. The SMILES string of the molecule is CC[P@](=Nc1cc([N+](=O)[O-])ccc1OC)(c1c(C)nn(-c2ccccc2)c1C)C(C)(C)C. The first kappa shape index (κ1) is 23.7. The highest BCUT2D eigenvalue weighted by atomic mass is 31.2. The van der Waals surface area contributed by atoms with Gasteiger partial charge in [-0.15, -0.1) is 0 Å². The van der Waals surface area contributed by atoms with Crippen LogP contribution in [0, 0.1) is 24.0 Å². The van der Waals surface area contributed by atoms with Crippen molar-refractivity contribution in [3.05, 3.63) is 70.0 Å². The molecule has 0 aliphatic carbocycles. The summed E-state index contributed by atoms with van der Waals surface area (Å²) < 4.78 is 12.8. The second-order valence-corrected chi connectivity index (χ2v) is 12.9. The van der Waals surface area contributed by atoms with Crippen molar-refractivity contribution < 1.29 is 9.66 Å². The van der Waals surface area contributed by atoms with E-state index in [1.807, 2.05) is 41.9 Å². The van der Waals surface area contributed by atoms with Crippen molar-refractivity contribution in [2.75, 3.05) is 13.3 Å². The van der Waals surface area contributed by atoms with Crippen molar-refractivity contribution in [1.82, 2.24) is 9.78 Å². The summed E-state index contributed by atoms with van der Waals surface area (Å²) in [4.78, 5) is 11.0. The Morgan fingerprint density at radius 2 is 1.81 bits per heavy atom. The Kier molecular flexibility index (Phi) is 6.61. The van der Waals surface area contributed by atoms with Crippen LogP contribution >= 0.6 is 7.05 Å². The molecule has 32 heavy (non-hydrogen) atoms. The van der Waals surface area contributed by atoms with E-state index in [0.717, 1.165) is 28.5 Å². The van der Waals surface area contributed by atoms with Crippen LogP contribution in [0.4, 0.5) is 11.4 Å². The van der Waals surface area contributed by atoms with E-state index in [9.17, 15) is 10.1 Å². The van der Waals surface area contributed by atoms with Crippen molar-refractivity contribution in [3.8, 4) is 11.4 Å². The van der Waals surface area contributed by atoms with Crippen LogP contribution < -0.4 is 10.0 Å². The molecule has 0 fully saturated rings. The van der Waals surface area contributed by atoms with Crippen LogP contribution in [0.3, 0.4) is 0 Å². The number of nitrogens with zero attached hydrogens (tertiary/aromatic N) is 4. The topological polar surface area (TPSA) is 82.6 Å². The smallest absolute Gasteiger partial charge is 0.271 e. The van der Waals surface area contributed by atoms with Crippen molar-refractivity contribution in [2.45, 2.75) is 46.7 Å². The van der Waals surface area contributed by atoms with Crippen LogP contribution in [0.25, 0.3) is 5.69 Å². The van der Waals surface area contributed by atoms with Crippen LogP contribution in [0.5, 0.6) is 5.75 Å². The lowest BCUT2D eigenvalue weighted by atomic mass is 10.2. The molecular weight excluding hydrogens is 423 g/mol. The van der Waals surface area contributed by atoms with Gasteiger partial charge in [-0.05, 0) is 38.2 Å². The largest absolute Gasteiger partial charge is 0.494 e. The van der Waals surface area contributed by atoms with Gasteiger partial charge in [-0.3, -0.25) is 14.9 Å². The van der Waals surface area contributed by atoms with Crippen LogP contribution in [0.1, 0.15) is 39.1 Å². The number of methoxy groups -OCH3 is 1. The number of para-hydroxylation sites is 1. The van der Waals surface area contributed by atoms with Gasteiger partial charge < -0.3 is 4.74 Å². The number of hydrogen-bond donors (Lipinski definition) is 0. The highest BCUT2D eigenvalue weighted by Crippen LogP contribution is 2.63. The van der Waals surface area contributed by atoms with Gasteiger partial charge in [0.05, 0.1) is 29.1 Å². The van der Waals surface area contributed by atoms with E-state index >= 15 is 0 Å². The summed E-state index contributed by atoms with van der Waals surface area (Å²) in [6.07, 6.45) is 0.796. The fourth-order valence-corrected chi connectivity index (χ4v) is 8.49.